The lowest BCUT2D eigenvalue weighted by Gasteiger charge is -2.57. The van der Waals surface area contributed by atoms with Crippen LogP contribution in [0.1, 0.15) is 28.2 Å². The summed E-state index contributed by atoms with van der Waals surface area (Å²) in [7, 11) is 0. The maximum absolute atomic E-state index is 13.2. The zero-order valence-electron chi connectivity index (χ0n) is 14.6. The second-order valence-corrected chi connectivity index (χ2v) is 7.69. The molecule has 0 fully saturated rings. The molecule has 0 saturated carbocycles. The molecular weight excluding hydrogens is 332 g/mol. The predicted octanol–water partition coefficient (Wildman–Crippen LogP) is 4.02. The highest BCUT2D eigenvalue weighted by Gasteiger charge is 2.64. The summed E-state index contributed by atoms with van der Waals surface area (Å²) in [5, 5.41) is 0. The molecule has 0 heterocycles. The molecule has 27 heavy (non-hydrogen) atoms. The summed E-state index contributed by atoms with van der Waals surface area (Å²) in [5.74, 6) is -0.729. The first-order valence-electron chi connectivity index (χ1n) is 9.33. The van der Waals surface area contributed by atoms with E-state index in [0.29, 0.717) is 0 Å². The van der Waals surface area contributed by atoms with Crippen molar-refractivity contribution in [2.45, 2.75) is 11.3 Å². The van der Waals surface area contributed by atoms with E-state index in [4.69, 9.17) is 0 Å². The van der Waals surface area contributed by atoms with Crippen LogP contribution in [0.4, 0.5) is 0 Å². The fraction of sp³-hybridized carbons (Fsp3) is 0.160. The summed E-state index contributed by atoms with van der Waals surface area (Å²) < 4.78 is 0. The van der Waals surface area contributed by atoms with Gasteiger partial charge in [0.25, 0.3) is 0 Å². The van der Waals surface area contributed by atoms with Crippen LogP contribution in [-0.4, -0.2) is 11.6 Å². The van der Waals surface area contributed by atoms with Crippen molar-refractivity contribution in [1.82, 2.24) is 0 Å². The third kappa shape index (κ3) is 1.58. The molecule has 0 spiro atoms. The van der Waals surface area contributed by atoms with Crippen molar-refractivity contribution < 1.29 is 9.59 Å². The Kier molecular flexibility index (Phi) is 2.72. The number of hydrogen-bond donors (Lipinski definition) is 0. The summed E-state index contributed by atoms with van der Waals surface area (Å²) in [6.45, 7) is 0. The van der Waals surface area contributed by atoms with Crippen LogP contribution in [0.3, 0.4) is 0 Å². The van der Waals surface area contributed by atoms with Gasteiger partial charge in [-0.2, -0.15) is 0 Å². The molecule has 5 aliphatic rings. The molecule has 5 aliphatic carbocycles. The molecule has 2 aromatic carbocycles. The molecule has 2 unspecified atom stereocenters. The van der Waals surface area contributed by atoms with Gasteiger partial charge in [0.1, 0.15) is 0 Å². The number of benzene rings is 2. The minimum atomic E-state index is -0.659. The summed E-state index contributed by atoms with van der Waals surface area (Å²) in [4.78, 5) is 26.3. The minimum absolute atomic E-state index is 0.0446. The van der Waals surface area contributed by atoms with Crippen LogP contribution < -0.4 is 0 Å². The minimum Gasteiger partial charge on any atom is -0.294 e. The van der Waals surface area contributed by atoms with Crippen molar-refractivity contribution in [3.63, 3.8) is 0 Å². The number of carbonyl (C=O) groups is 2. The van der Waals surface area contributed by atoms with Crippen LogP contribution in [0, 0.1) is 11.8 Å². The van der Waals surface area contributed by atoms with Crippen LogP contribution >= 0.6 is 0 Å². The maximum Gasteiger partial charge on any atom is 0.161 e. The van der Waals surface area contributed by atoms with E-state index in [9.17, 15) is 9.59 Å². The number of allylic oxidation sites excluding steroid dienone is 5. The van der Waals surface area contributed by atoms with Gasteiger partial charge in [-0.3, -0.25) is 9.59 Å². The first-order chi connectivity index (χ1) is 13.2. The average Bonchev–Trinajstić information content (AvgIpc) is 3.25. The topological polar surface area (TPSA) is 34.1 Å². The monoisotopic (exact) mass is 348 g/mol. The molecule has 0 aromatic heterocycles. The predicted molar refractivity (Wildman–Crippen MR) is 102 cm³/mol. The summed E-state index contributed by atoms with van der Waals surface area (Å²) in [6, 6.07) is 16.6. The van der Waals surface area contributed by atoms with Gasteiger partial charge in [0.05, 0.1) is 11.3 Å². The normalized spacial score (nSPS) is 31.6. The third-order valence-electron chi connectivity index (χ3n) is 6.70. The highest BCUT2D eigenvalue weighted by Crippen LogP contribution is 2.65. The van der Waals surface area contributed by atoms with Crippen LogP contribution in [0.2, 0.25) is 0 Å². The summed E-state index contributed by atoms with van der Waals surface area (Å²) in [5.41, 5.74) is 8.34. The molecule has 2 aromatic rings. The van der Waals surface area contributed by atoms with E-state index in [0.717, 1.165) is 16.7 Å². The van der Waals surface area contributed by atoms with E-state index in [2.05, 4.69) is 30.0 Å². The highest BCUT2D eigenvalue weighted by molar-refractivity contribution is 6.10. The van der Waals surface area contributed by atoms with E-state index in [1.54, 1.807) is 0 Å². The van der Waals surface area contributed by atoms with Crippen molar-refractivity contribution in [1.29, 1.82) is 0 Å². The molecule has 2 atom stereocenters. The standard InChI is InChI=1S/C25H16O2/c26-20-13-14-21(27)24-23(20)22-16-9-3-5-11-18(16)25(24,15-7-1-2-8-15)19-12-6-4-10-17(19)22/h1-7,9-14,22-24H. The Morgan fingerprint density at radius 1 is 0.778 bits per heavy atom. The third-order valence-corrected chi connectivity index (χ3v) is 6.70. The van der Waals surface area contributed by atoms with Crippen LogP contribution in [0.5, 0.6) is 0 Å². The Bertz CT molecular complexity index is 1120. The quantitative estimate of drug-likeness (QED) is 0.730. The van der Waals surface area contributed by atoms with Gasteiger partial charge in [-0.1, -0.05) is 54.6 Å². The van der Waals surface area contributed by atoms with E-state index in [1.807, 2.05) is 42.5 Å². The van der Waals surface area contributed by atoms with Gasteiger partial charge in [-0.25, -0.2) is 0 Å². The van der Waals surface area contributed by atoms with Crippen molar-refractivity contribution >= 4 is 11.6 Å². The van der Waals surface area contributed by atoms with Gasteiger partial charge in [0.2, 0.25) is 0 Å². The fourth-order valence-corrected chi connectivity index (χ4v) is 5.88. The molecule has 2 nitrogen and oxygen atoms in total. The van der Waals surface area contributed by atoms with Crippen LogP contribution in [0.25, 0.3) is 0 Å². The molecule has 0 saturated heterocycles. The van der Waals surface area contributed by atoms with Gasteiger partial charge >= 0.3 is 0 Å². The highest BCUT2D eigenvalue weighted by atomic mass is 16.1. The number of rotatable bonds is 1. The first-order valence-corrected chi connectivity index (χ1v) is 9.33. The molecular formula is C25H16O2. The largest absolute Gasteiger partial charge is 0.294 e. The van der Waals surface area contributed by atoms with Gasteiger partial charge in [0.15, 0.2) is 11.6 Å². The smallest absolute Gasteiger partial charge is 0.161 e. The van der Waals surface area contributed by atoms with E-state index < -0.39 is 11.3 Å². The molecule has 128 valence electrons. The number of carbonyl (C=O) groups excluding carboxylic acids is 2. The molecule has 0 N–H and O–H groups in total. The summed E-state index contributed by atoms with van der Waals surface area (Å²) >= 11 is 0. The maximum atomic E-state index is 13.2. The van der Waals surface area contributed by atoms with Crippen molar-refractivity contribution in [2.24, 2.45) is 11.8 Å². The van der Waals surface area contributed by atoms with Gasteiger partial charge in [0, 0.05) is 17.4 Å². The van der Waals surface area contributed by atoms with E-state index in [-0.39, 0.29) is 23.4 Å². The van der Waals surface area contributed by atoms with Crippen LogP contribution in [-0.2, 0) is 15.0 Å². The Morgan fingerprint density at radius 3 is 2.04 bits per heavy atom. The number of hydrogen-bond acceptors (Lipinski definition) is 2. The lowest BCUT2D eigenvalue weighted by atomic mass is 9.43. The second-order valence-electron chi connectivity index (χ2n) is 7.69. The van der Waals surface area contributed by atoms with Crippen molar-refractivity contribution in [3.05, 3.63) is 112 Å². The van der Waals surface area contributed by atoms with Crippen LogP contribution in [0.15, 0.2) is 90.2 Å². The lowest BCUT2D eigenvalue weighted by Crippen LogP contribution is -2.58. The SMILES string of the molecule is O=C1C=CC(=O)C2C1C1c3ccccc3C2(C2=C=CC=C2)c2ccccc21. The van der Waals surface area contributed by atoms with Gasteiger partial charge in [-0.05, 0) is 46.6 Å². The molecule has 0 radical (unpaired) electrons. The molecule has 2 bridgehead atoms. The van der Waals surface area contributed by atoms with E-state index >= 15 is 0 Å². The lowest BCUT2D eigenvalue weighted by molar-refractivity contribution is -0.132. The number of ketones is 2. The Morgan fingerprint density at radius 2 is 1.41 bits per heavy atom. The second kappa shape index (κ2) is 4.94. The molecule has 0 aliphatic heterocycles. The van der Waals surface area contributed by atoms with Crippen molar-refractivity contribution in [2.75, 3.05) is 0 Å². The Labute approximate surface area is 157 Å². The Balaban J connectivity index is 1.84. The fourth-order valence-electron chi connectivity index (χ4n) is 5.88. The molecule has 7 rings (SSSR count). The Hall–Kier alpha value is -3.22. The van der Waals surface area contributed by atoms with E-state index in [1.165, 1.54) is 23.3 Å². The first kappa shape index (κ1) is 14.9. The zero-order valence-corrected chi connectivity index (χ0v) is 14.6. The summed E-state index contributed by atoms with van der Waals surface area (Å²) in [6.07, 6.45) is 8.89. The zero-order chi connectivity index (χ0) is 18.2. The molecule has 0 amide bonds. The van der Waals surface area contributed by atoms with Gasteiger partial charge in [-0.15, -0.1) is 5.73 Å². The van der Waals surface area contributed by atoms with Crippen molar-refractivity contribution in [3.8, 4) is 0 Å². The molecule has 2 heteroatoms. The average molecular weight is 348 g/mol. The van der Waals surface area contributed by atoms with Gasteiger partial charge < -0.3 is 0 Å².